The normalized spacial score (nSPS) is 15.4. The van der Waals surface area contributed by atoms with E-state index < -0.39 is 12.7 Å². The van der Waals surface area contributed by atoms with Crippen LogP contribution in [0.25, 0.3) is 11.2 Å². The van der Waals surface area contributed by atoms with Gasteiger partial charge in [-0.25, -0.2) is 15.0 Å². The van der Waals surface area contributed by atoms with E-state index in [4.69, 9.17) is 4.74 Å². The zero-order chi connectivity index (χ0) is 22.0. The molecule has 12 heteroatoms. The standard InChI is InChI=1S/C19H25F3N8O/c1-3-30-5-4-14(26-30)10-27(2)11-15-24-17(28-6-8-31-9-7-28)16-18(25-15)29(13-23-16)12-19(20,21)22/h4-5,13H,3,6-12H2,1-2H3. The van der Waals surface area contributed by atoms with E-state index >= 15 is 0 Å². The highest BCUT2D eigenvalue weighted by Gasteiger charge is 2.30. The van der Waals surface area contributed by atoms with Gasteiger partial charge in [-0.15, -0.1) is 0 Å². The first-order chi connectivity index (χ1) is 14.8. The van der Waals surface area contributed by atoms with E-state index in [9.17, 15) is 13.2 Å². The molecule has 0 bridgehead atoms. The predicted octanol–water partition coefficient (Wildman–Crippen LogP) is 2.07. The molecule has 0 N–H and O–H groups in total. The molecule has 0 atom stereocenters. The van der Waals surface area contributed by atoms with Crippen molar-refractivity contribution < 1.29 is 17.9 Å². The summed E-state index contributed by atoms with van der Waals surface area (Å²) in [5.41, 5.74) is 1.47. The molecule has 1 aliphatic rings. The fraction of sp³-hybridized carbons (Fsp3) is 0.579. The molecule has 1 aliphatic heterocycles. The Morgan fingerprint density at radius 1 is 1.16 bits per heavy atom. The van der Waals surface area contributed by atoms with Crippen LogP contribution in [0.2, 0.25) is 0 Å². The van der Waals surface area contributed by atoms with Gasteiger partial charge < -0.3 is 14.2 Å². The Balaban J connectivity index is 1.63. The Bertz CT molecular complexity index is 1020. The molecule has 1 fully saturated rings. The van der Waals surface area contributed by atoms with Gasteiger partial charge in [-0.2, -0.15) is 18.3 Å². The number of anilines is 1. The maximum Gasteiger partial charge on any atom is 0.406 e. The van der Waals surface area contributed by atoms with Crippen molar-refractivity contribution in [2.45, 2.75) is 39.3 Å². The first-order valence-corrected chi connectivity index (χ1v) is 10.1. The molecule has 0 saturated carbocycles. The quantitative estimate of drug-likeness (QED) is 0.559. The Labute approximate surface area is 177 Å². The van der Waals surface area contributed by atoms with E-state index in [2.05, 4.69) is 20.1 Å². The van der Waals surface area contributed by atoms with E-state index in [-0.39, 0.29) is 5.65 Å². The number of morpholine rings is 1. The number of hydrogen-bond acceptors (Lipinski definition) is 7. The Kier molecular flexibility index (Phi) is 6.10. The summed E-state index contributed by atoms with van der Waals surface area (Å²) in [6.45, 7) is 4.86. The zero-order valence-corrected chi connectivity index (χ0v) is 17.5. The third kappa shape index (κ3) is 5.13. The number of hydrogen-bond donors (Lipinski definition) is 0. The second-order valence-corrected chi connectivity index (χ2v) is 7.56. The molecule has 168 valence electrons. The van der Waals surface area contributed by atoms with Crippen molar-refractivity contribution in [3.8, 4) is 0 Å². The third-order valence-corrected chi connectivity index (χ3v) is 5.02. The lowest BCUT2D eigenvalue weighted by atomic mass is 10.3. The van der Waals surface area contributed by atoms with E-state index in [0.717, 1.165) is 16.8 Å². The molecule has 9 nitrogen and oxygen atoms in total. The van der Waals surface area contributed by atoms with Crippen LogP contribution in [0.4, 0.5) is 19.0 Å². The number of rotatable bonds is 7. The molecular formula is C19H25F3N8O. The minimum absolute atomic E-state index is 0.187. The second-order valence-electron chi connectivity index (χ2n) is 7.56. The average molecular weight is 438 g/mol. The summed E-state index contributed by atoms with van der Waals surface area (Å²) >= 11 is 0. The molecule has 1 saturated heterocycles. The van der Waals surface area contributed by atoms with E-state index in [1.165, 1.54) is 6.33 Å². The molecule has 3 aromatic heterocycles. The number of ether oxygens (including phenoxy) is 1. The molecule has 4 rings (SSSR count). The molecule has 31 heavy (non-hydrogen) atoms. The molecule has 0 amide bonds. The first kappa shape index (κ1) is 21.5. The van der Waals surface area contributed by atoms with Crippen LogP contribution in [0.15, 0.2) is 18.6 Å². The molecule has 4 heterocycles. The number of imidazole rings is 1. The van der Waals surface area contributed by atoms with Crippen molar-refractivity contribution in [1.29, 1.82) is 0 Å². The summed E-state index contributed by atoms with van der Waals surface area (Å²) in [4.78, 5) is 17.3. The zero-order valence-electron chi connectivity index (χ0n) is 17.5. The van der Waals surface area contributed by atoms with E-state index in [0.29, 0.717) is 56.6 Å². The summed E-state index contributed by atoms with van der Waals surface area (Å²) in [6.07, 6.45) is -1.27. The minimum atomic E-state index is -4.37. The molecule has 0 unspecified atom stereocenters. The summed E-state index contributed by atoms with van der Waals surface area (Å²) in [6, 6.07) is 1.95. The molecular weight excluding hydrogens is 413 g/mol. The van der Waals surface area contributed by atoms with Crippen LogP contribution in [-0.2, 0) is 30.9 Å². The van der Waals surface area contributed by atoms with Crippen LogP contribution in [0, 0.1) is 0 Å². The number of aromatic nitrogens is 6. The highest BCUT2D eigenvalue weighted by molar-refractivity contribution is 5.83. The van der Waals surface area contributed by atoms with Crippen LogP contribution in [0.3, 0.4) is 0 Å². The van der Waals surface area contributed by atoms with Gasteiger partial charge in [0.25, 0.3) is 0 Å². The van der Waals surface area contributed by atoms with Gasteiger partial charge in [0.1, 0.15) is 12.4 Å². The topological polar surface area (TPSA) is 77.1 Å². The van der Waals surface area contributed by atoms with Crippen LogP contribution in [0.5, 0.6) is 0 Å². The van der Waals surface area contributed by atoms with Crippen molar-refractivity contribution in [1.82, 2.24) is 34.2 Å². The van der Waals surface area contributed by atoms with Gasteiger partial charge in [0, 0.05) is 32.4 Å². The van der Waals surface area contributed by atoms with Crippen LogP contribution in [0.1, 0.15) is 18.4 Å². The fourth-order valence-corrected chi connectivity index (χ4v) is 3.59. The number of nitrogens with zero attached hydrogens (tertiary/aromatic N) is 8. The lowest BCUT2D eigenvalue weighted by Crippen LogP contribution is -2.37. The second kappa shape index (κ2) is 8.79. The SMILES string of the molecule is CCn1ccc(CN(C)Cc2nc(N3CCOCC3)c3ncn(CC(F)(F)F)c3n2)n1. The highest BCUT2D eigenvalue weighted by Crippen LogP contribution is 2.26. The predicted molar refractivity (Wildman–Crippen MR) is 107 cm³/mol. The Morgan fingerprint density at radius 3 is 2.61 bits per heavy atom. The molecule has 3 aromatic rings. The van der Waals surface area contributed by atoms with Gasteiger partial charge in [-0.05, 0) is 20.0 Å². The monoisotopic (exact) mass is 438 g/mol. The summed E-state index contributed by atoms with van der Waals surface area (Å²) < 4.78 is 47.4. The molecule has 0 radical (unpaired) electrons. The van der Waals surface area contributed by atoms with Crippen LogP contribution in [-0.4, -0.2) is 73.7 Å². The number of aryl methyl sites for hydroxylation is 1. The average Bonchev–Trinajstić information content (AvgIpc) is 3.34. The maximum atomic E-state index is 13.1. The number of fused-ring (bicyclic) bond motifs is 1. The van der Waals surface area contributed by atoms with Gasteiger partial charge in [0.15, 0.2) is 17.0 Å². The van der Waals surface area contributed by atoms with Crippen molar-refractivity contribution in [3.63, 3.8) is 0 Å². The Hall–Kier alpha value is -2.73. The van der Waals surface area contributed by atoms with Crippen molar-refractivity contribution >= 4 is 17.0 Å². The fourth-order valence-electron chi connectivity index (χ4n) is 3.59. The lowest BCUT2D eigenvalue weighted by Gasteiger charge is -2.28. The lowest BCUT2D eigenvalue weighted by molar-refractivity contribution is -0.140. The number of halogens is 3. The van der Waals surface area contributed by atoms with Gasteiger partial charge >= 0.3 is 6.18 Å². The van der Waals surface area contributed by atoms with Crippen molar-refractivity contribution in [2.75, 3.05) is 38.3 Å². The highest BCUT2D eigenvalue weighted by atomic mass is 19.4. The molecule has 0 aliphatic carbocycles. The third-order valence-electron chi connectivity index (χ3n) is 5.02. The first-order valence-electron chi connectivity index (χ1n) is 10.1. The van der Waals surface area contributed by atoms with Gasteiger partial charge in [-0.1, -0.05) is 0 Å². The molecule has 0 spiro atoms. The van der Waals surface area contributed by atoms with E-state index in [1.807, 2.05) is 40.7 Å². The number of alkyl halides is 3. The smallest absolute Gasteiger partial charge is 0.378 e. The maximum absolute atomic E-state index is 13.1. The van der Waals surface area contributed by atoms with Crippen molar-refractivity contribution in [3.05, 3.63) is 30.1 Å². The summed E-state index contributed by atoms with van der Waals surface area (Å²) in [5.74, 6) is 0.989. The minimum Gasteiger partial charge on any atom is -0.378 e. The van der Waals surface area contributed by atoms with E-state index in [1.54, 1.807) is 0 Å². The van der Waals surface area contributed by atoms with Crippen molar-refractivity contribution in [2.24, 2.45) is 0 Å². The van der Waals surface area contributed by atoms with Crippen LogP contribution < -0.4 is 4.90 Å². The summed E-state index contributed by atoms with van der Waals surface area (Å²) in [5, 5.41) is 4.47. The van der Waals surface area contributed by atoms with Gasteiger partial charge in [-0.3, -0.25) is 9.58 Å². The molecule has 0 aromatic carbocycles. The summed E-state index contributed by atoms with van der Waals surface area (Å²) in [7, 11) is 1.90. The largest absolute Gasteiger partial charge is 0.406 e. The van der Waals surface area contributed by atoms with Gasteiger partial charge in [0.2, 0.25) is 0 Å². The Morgan fingerprint density at radius 2 is 1.94 bits per heavy atom. The van der Waals surface area contributed by atoms with Gasteiger partial charge in [0.05, 0.1) is 31.8 Å². The van der Waals surface area contributed by atoms with Crippen LogP contribution >= 0.6 is 0 Å².